The summed E-state index contributed by atoms with van der Waals surface area (Å²) in [7, 11) is -1.90. The molecule has 1 unspecified atom stereocenters. The molecule has 1 saturated heterocycles. The maximum Gasteiger partial charge on any atom is 0.262 e. The van der Waals surface area contributed by atoms with Crippen molar-refractivity contribution < 1.29 is 13.2 Å². The average Bonchev–Trinajstić information content (AvgIpc) is 2.70. The van der Waals surface area contributed by atoms with E-state index in [-0.39, 0.29) is 24.7 Å². The molecule has 8 heteroatoms. The van der Waals surface area contributed by atoms with Gasteiger partial charge in [0.2, 0.25) is 0 Å². The van der Waals surface area contributed by atoms with E-state index in [0.29, 0.717) is 5.82 Å². The molecule has 1 atom stereocenters. The minimum atomic E-state index is -3.64. The van der Waals surface area contributed by atoms with E-state index in [1.807, 2.05) is 6.07 Å². The van der Waals surface area contributed by atoms with Gasteiger partial charge in [-0.05, 0) is 6.92 Å². The van der Waals surface area contributed by atoms with Gasteiger partial charge in [0.25, 0.3) is 10.0 Å². The highest BCUT2D eigenvalue weighted by atomic mass is 32.2. The first-order chi connectivity index (χ1) is 8.45. The summed E-state index contributed by atoms with van der Waals surface area (Å²) in [5.41, 5.74) is 0. The molecular formula is C10H14N4O3S. The van der Waals surface area contributed by atoms with Crippen LogP contribution in [0.1, 0.15) is 5.82 Å². The van der Waals surface area contributed by atoms with Gasteiger partial charge in [-0.3, -0.25) is 0 Å². The SMILES string of the molecule is Cc1nc(S(=O)(=O)N2CCOC(C#N)C2)cn1C. The molecule has 1 aromatic rings. The van der Waals surface area contributed by atoms with Crippen molar-refractivity contribution in [3.63, 3.8) is 0 Å². The van der Waals surface area contributed by atoms with Gasteiger partial charge in [0, 0.05) is 19.8 Å². The Morgan fingerprint density at radius 3 is 2.89 bits per heavy atom. The van der Waals surface area contributed by atoms with E-state index in [2.05, 4.69) is 4.98 Å². The number of morpholine rings is 1. The Kier molecular flexibility index (Phi) is 3.38. The molecule has 0 aromatic carbocycles. The van der Waals surface area contributed by atoms with Gasteiger partial charge < -0.3 is 9.30 Å². The van der Waals surface area contributed by atoms with Gasteiger partial charge in [0.15, 0.2) is 11.1 Å². The fourth-order valence-electron chi connectivity index (χ4n) is 1.70. The molecule has 0 N–H and O–H groups in total. The van der Waals surface area contributed by atoms with Crippen LogP contribution in [0.3, 0.4) is 0 Å². The summed E-state index contributed by atoms with van der Waals surface area (Å²) in [6, 6.07) is 1.92. The van der Waals surface area contributed by atoms with Gasteiger partial charge in [-0.1, -0.05) is 0 Å². The Morgan fingerprint density at radius 2 is 2.33 bits per heavy atom. The van der Waals surface area contributed by atoms with Crippen LogP contribution in [0.25, 0.3) is 0 Å². The van der Waals surface area contributed by atoms with Gasteiger partial charge in [-0.25, -0.2) is 13.4 Å². The van der Waals surface area contributed by atoms with E-state index in [0.717, 1.165) is 0 Å². The zero-order valence-corrected chi connectivity index (χ0v) is 11.0. The van der Waals surface area contributed by atoms with Gasteiger partial charge in [-0.15, -0.1) is 0 Å². The fraction of sp³-hybridized carbons (Fsp3) is 0.600. The van der Waals surface area contributed by atoms with Crippen LogP contribution in [0.2, 0.25) is 0 Å². The van der Waals surface area contributed by atoms with Crippen LogP contribution >= 0.6 is 0 Å². The average molecular weight is 270 g/mol. The molecule has 0 amide bonds. The standard InChI is InChI=1S/C10H14N4O3S/c1-8-12-10(7-13(8)2)18(15,16)14-3-4-17-9(5-11)6-14/h7,9H,3-4,6H2,1-2H3. The Bertz CT molecular complexity index is 567. The van der Waals surface area contributed by atoms with Crippen molar-refractivity contribution in [3.05, 3.63) is 12.0 Å². The summed E-state index contributed by atoms with van der Waals surface area (Å²) in [6.45, 7) is 2.25. The van der Waals surface area contributed by atoms with Crippen LogP contribution in [0, 0.1) is 18.3 Å². The van der Waals surface area contributed by atoms with Crippen molar-refractivity contribution in [1.82, 2.24) is 13.9 Å². The van der Waals surface area contributed by atoms with Crippen molar-refractivity contribution in [1.29, 1.82) is 5.26 Å². The van der Waals surface area contributed by atoms with E-state index in [1.54, 1.807) is 18.5 Å². The van der Waals surface area contributed by atoms with Crippen LogP contribution in [-0.4, -0.2) is 48.1 Å². The van der Waals surface area contributed by atoms with Crippen LogP contribution in [0.5, 0.6) is 0 Å². The molecule has 0 bridgehead atoms. The maximum absolute atomic E-state index is 12.3. The molecule has 0 radical (unpaired) electrons. The minimum absolute atomic E-state index is 0.0149. The number of nitrogens with zero attached hydrogens (tertiary/aromatic N) is 4. The first kappa shape index (κ1) is 13.0. The van der Waals surface area contributed by atoms with Crippen LogP contribution in [0.15, 0.2) is 11.2 Å². The van der Waals surface area contributed by atoms with Gasteiger partial charge >= 0.3 is 0 Å². The largest absolute Gasteiger partial charge is 0.361 e. The predicted molar refractivity (Wildman–Crippen MR) is 62.1 cm³/mol. The lowest BCUT2D eigenvalue weighted by Crippen LogP contribution is -2.45. The molecule has 1 aliphatic rings. The number of hydrogen-bond acceptors (Lipinski definition) is 5. The van der Waals surface area contributed by atoms with Crippen LogP contribution < -0.4 is 0 Å². The van der Waals surface area contributed by atoms with Crippen molar-refractivity contribution in [3.8, 4) is 6.07 Å². The number of aryl methyl sites for hydroxylation is 2. The molecule has 2 rings (SSSR count). The third-order valence-electron chi connectivity index (χ3n) is 2.86. The smallest absolute Gasteiger partial charge is 0.262 e. The highest BCUT2D eigenvalue weighted by molar-refractivity contribution is 7.89. The minimum Gasteiger partial charge on any atom is -0.361 e. The Morgan fingerprint density at radius 1 is 1.61 bits per heavy atom. The maximum atomic E-state index is 12.3. The highest BCUT2D eigenvalue weighted by Gasteiger charge is 2.32. The summed E-state index contributed by atoms with van der Waals surface area (Å²) in [6.07, 6.45) is 0.764. The van der Waals surface area contributed by atoms with Gasteiger partial charge in [-0.2, -0.15) is 9.57 Å². The molecule has 98 valence electrons. The molecule has 1 aliphatic heterocycles. The molecule has 0 aliphatic carbocycles. The summed E-state index contributed by atoms with van der Waals surface area (Å²) >= 11 is 0. The Labute approximate surface area is 106 Å². The third-order valence-corrected chi connectivity index (χ3v) is 4.60. The number of ether oxygens (including phenoxy) is 1. The normalized spacial score (nSPS) is 21.7. The molecule has 1 fully saturated rings. The third kappa shape index (κ3) is 2.25. The molecule has 18 heavy (non-hydrogen) atoms. The first-order valence-corrected chi connectivity index (χ1v) is 6.90. The molecule has 2 heterocycles. The summed E-state index contributed by atoms with van der Waals surface area (Å²) in [5, 5.41) is 8.79. The first-order valence-electron chi connectivity index (χ1n) is 5.46. The second kappa shape index (κ2) is 4.68. The van der Waals surface area contributed by atoms with E-state index < -0.39 is 16.1 Å². The quantitative estimate of drug-likeness (QED) is 0.732. The van der Waals surface area contributed by atoms with Crippen molar-refractivity contribution >= 4 is 10.0 Å². The number of rotatable bonds is 2. The second-order valence-corrected chi connectivity index (χ2v) is 5.97. The predicted octanol–water partition coefficient (Wildman–Crippen LogP) is -0.358. The Balaban J connectivity index is 2.29. The lowest BCUT2D eigenvalue weighted by molar-refractivity contribution is 0.0310. The van der Waals surface area contributed by atoms with Crippen LogP contribution in [0.4, 0.5) is 0 Å². The number of aromatic nitrogens is 2. The second-order valence-electron chi connectivity index (χ2n) is 4.09. The number of nitriles is 1. The van der Waals surface area contributed by atoms with E-state index in [9.17, 15) is 8.42 Å². The van der Waals surface area contributed by atoms with Gasteiger partial charge in [0.05, 0.1) is 19.2 Å². The molecule has 0 spiro atoms. The highest BCUT2D eigenvalue weighted by Crippen LogP contribution is 2.17. The van der Waals surface area contributed by atoms with Gasteiger partial charge in [0.1, 0.15) is 5.82 Å². The van der Waals surface area contributed by atoms with E-state index in [1.165, 1.54) is 10.5 Å². The van der Waals surface area contributed by atoms with Crippen LogP contribution in [-0.2, 0) is 21.8 Å². The van der Waals surface area contributed by atoms with Crippen molar-refractivity contribution in [2.45, 2.75) is 18.1 Å². The number of imidazole rings is 1. The zero-order chi connectivity index (χ0) is 13.3. The lowest BCUT2D eigenvalue weighted by Gasteiger charge is -2.28. The monoisotopic (exact) mass is 270 g/mol. The Hall–Kier alpha value is -1.43. The molecule has 7 nitrogen and oxygen atoms in total. The fourth-order valence-corrected chi connectivity index (χ4v) is 3.15. The van der Waals surface area contributed by atoms with Crippen molar-refractivity contribution in [2.75, 3.05) is 19.7 Å². The number of sulfonamides is 1. The summed E-state index contributed by atoms with van der Waals surface area (Å²) in [5.74, 6) is 0.624. The zero-order valence-electron chi connectivity index (χ0n) is 10.2. The topological polar surface area (TPSA) is 88.2 Å². The van der Waals surface area contributed by atoms with Crippen molar-refractivity contribution in [2.24, 2.45) is 7.05 Å². The lowest BCUT2D eigenvalue weighted by atomic mass is 10.3. The molecule has 1 aromatic heterocycles. The summed E-state index contributed by atoms with van der Waals surface area (Å²) < 4.78 is 32.6. The summed E-state index contributed by atoms with van der Waals surface area (Å²) in [4.78, 5) is 4.02. The van der Waals surface area contributed by atoms with E-state index in [4.69, 9.17) is 10.00 Å². The molecule has 0 saturated carbocycles. The number of hydrogen-bond donors (Lipinski definition) is 0. The molecular weight excluding hydrogens is 256 g/mol. The van der Waals surface area contributed by atoms with E-state index >= 15 is 0 Å².